The zero-order valence-electron chi connectivity index (χ0n) is 18.9. The van der Waals surface area contributed by atoms with Crippen molar-refractivity contribution >= 4 is 34.9 Å². The molecule has 0 unspecified atom stereocenters. The van der Waals surface area contributed by atoms with Crippen LogP contribution in [-0.4, -0.2) is 72.4 Å². The number of aryl methyl sites for hydroxylation is 2. The summed E-state index contributed by atoms with van der Waals surface area (Å²) >= 11 is 5.51. The Balaban J connectivity index is 1.65. The molecule has 3 rings (SSSR count). The highest BCUT2D eigenvalue weighted by Crippen LogP contribution is 2.22. The Hall–Kier alpha value is -2.82. The van der Waals surface area contributed by atoms with Gasteiger partial charge in [-0.1, -0.05) is 12.1 Å². The molecule has 3 N–H and O–H groups in total. The van der Waals surface area contributed by atoms with E-state index >= 15 is 0 Å². The fourth-order valence-corrected chi connectivity index (χ4v) is 3.52. The standard InChI is InChI=1S/C22H31N7O2S/c1-16-15-17(2)25-21(24-16)27-20(23-9-6-10-29-11-13-31-14-12-29)28-22(32)26-18-7-4-5-8-19(18)30-3/h4-5,7-8,15H,6,9-14H2,1-3H3,(H3,23,24,25,26,27,28,32). The summed E-state index contributed by atoms with van der Waals surface area (Å²) in [5, 5.41) is 9.84. The molecular weight excluding hydrogens is 426 g/mol. The number of anilines is 2. The van der Waals surface area contributed by atoms with Crippen LogP contribution in [0.2, 0.25) is 0 Å². The lowest BCUT2D eigenvalue weighted by Crippen LogP contribution is -2.39. The third-order valence-electron chi connectivity index (χ3n) is 4.81. The van der Waals surface area contributed by atoms with Crippen LogP contribution < -0.4 is 20.7 Å². The summed E-state index contributed by atoms with van der Waals surface area (Å²) in [7, 11) is 1.62. The van der Waals surface area contributed by atoms with Gasteiger partial charge < -0.3 is 20.1 Å². The molecule has 1 aliphatic heterocycles. The van der Waals surface area contributed by atoms with E-state index in [0.717, 1.165) is 56.3 Å². The number of aliphatic imine (C=N–C) groups is 1. The lowest BCUT2D eigenvalue weighted by molar-refractivity contribution is 0.0377. The van der Waals surface area contributed by atoms with E-state index < -0.39 is 0 Å². The maximum Gasteiger partial charge on any atom is 0.229 e. The SMILES string of the molecule is COc1ccccc1NC(=S)NC(=NCCCN1CCOCC1)Nc1nc(C)cc(C)n1. The number of morpholine rings is 1. The lowest BCUT2D eigenvalue weighted by Gasteiger charge is -2.26. The summed E-state index contributed by atoms with van der Waals surface area (Å²) < 4.78 is 10.8. The first-order valence-electron chi connectivity index (χ1n) is 10.7. The van der Waals surface area contributed by atoms with E-state index in [-0.39, 0.29) is 0 Å². The van der Waals surface area contributed by atoms with Crippen molar-refractivity contribution in [2.75, 3.05) is 57.1 Å². The second-order valence-corrected chi connectivity index (χ2v) is 7.82. The molecule has 0 radical (unpaired) electrons. The highest BCUT2D eigenvalue weighted by atomic mass is 32.1. The molecular formula is C22H31N7O2S. The number of guanidine groups is 1. The quantitative estimate of drug-likeness (QED) is 0.251. The highest BCUT2D eigenvalue weighted by Gasteiger charge is 2.11. The monoisotopic (exact) mass is 457 g/mol. The number of methoxy groups -OCH3 is 1. The molecule has 2 heterocycles. The van der Waals surface area contributed by atoms with Crippen LogP contribution in [0.1, 0.15) is 17.8 Å². The molecule has 1 aromatic heterocycles. The van der Waals surface area contributed by atoms with Gasteiger partial charge in [-0.2, -0.15) is 0 Å². The number of hydrogen-bond acceptors (Lipinski definition) is 7. The van der Waals surface area contributed by atoms with E-state index in [1.165, 1.54) is 0 Å². The van der Waals surface area contributed by atoms with Crippen LogP contribution in [0.3, 0.4) is 0 Å². The third kappa shape index (κ3) is 7.70. The molecule has 1 fully saturated rings. The largest absolute Gasteiger partial charge is 0.495 e. The van der Waals surface area contributed by atoms with Crippen LogP contribution in [0.4, 0.5) is 11.6 Å². The van der Waals surface area contributed by atoms with Crippen molar-refractivity contribution in [2.45, 2.75) is 20.3 Å². The number of ether oxygens (including phenoxy) is 2. The summed E-state index contributed by atoms with van der Waals surface area (Å²) in [6, 6.07) is 9.50. The molecule has 32 heavy (non-hydrogen) atoms. The predicted molar refractivity (Wildman–Crippen MR) is 132 cm³/mol. The molecule has 172 valence electrons. The molecule has 1 aromatic carbocycles. The topological polar surface area (TPSA) is 95.9 Å². The molecule has 0 saturated carbocycles. The second kappa shape index (κ2) is 12.3. The van der Waals surface area contributed by atoms with Gasteiger partial charge in [0.15, 0.2) is 5.11 Å². The first kappa shape index (κ1) is 23.8. The van der Waals surface area contributed by atoms with Gasteiger partial charge in [0.25, 0.3) is 0 Å². The van der Waals surface area contributed by atoms with Crippen LogP contribution in [0.5, 0.6) is 5.75 Å². The minimum atomic E-state index is 0.387. The van der Waals surface area contributed by atoms with Crippen molar-refractivity contribution in [3.05, 3.63) is 41.7 Å². The number of para-hydroxylation sites is 2. The number of benzene rings is 1. The summed E-state index contributed by atoms with van der Waals surface area (Å²) in [6.45, 7) is 9.00. The first-order valence-corrected chi connectivity index (χ1v) is 11.1. The average molecular weight is 458 g/mol. The first-order chi connectivity index (χ1) is 15.5. The fraction of sp³-hybridized carbons (Fsp3) is 0.455. The maximum atomic E-state index is 5.51. The zero-order chi connectivity index (χ0) is 22.8. The predicted octanol–water partition coefficient (Wildman–Crippen LogP) is 2.58. The van der Waals surface area contributed by atoms with Crippen molar-refractivity contribution in [3.8, 4) is 5.75 Å². The van der Waals surface area contributed by atoms with Gasteiger partial charge in [-0.05, 0) is 50.7 Å². The lowest BCUT2D eigenvalue weighted by atomic mass is 10.3. The molecule has 1 saturated heterocycles. The molecule has 0 amide bonds. The van der Waals surface area contributed by atoms with Gasteiger partial charge in [0.1, 0.15) is 5.75 Å². The Bertz CT molecular complexity index is 912. The van der Waals surface area contributed by atoms with E-state index in [4.69, 9.17) is 21.7 Å². The molecule has 1 aliphatic rings. The van der Waals surface area contributed by atoms with E-state index in [2.05, 4.69) is 35.8 Å². The maximum absolute atomic E-state index is 5.51. The molecule has 0 bridgehead atoms. The van der Waals surface area contributed by atoms with E-state index in [1.54, 1.807) is 7.11 Å². The van der Waals surface area contributed by atoms with Crippen LogP contribution in [0.15, 0.2) is 35.3 Å². The van der Waals surface area contributed by atoms with E-state index in [9.17, 15) is 0 Å². The Morgan fingerprint density at radius 1 is 1.16 bits per heavy atom. The number of nitrogens with zero attached hydrogens (tertiary/aromatic N) is 4. The van der Waals surface area contributed by atoms with Crippen molar-refractivity contribution in [3.63, 3.8) is 0 Å². The van der Waals surface area contributed by atoms with E-state index in [0.29, 0.717) is 29.3 Å². The minimum Gasteiger partial charge on any atom is -0.495 e. The smallest absolute Gasteiger partial charge is 0.229 e. The summed E-state index contributed by atoms with van der Waals surface area (Å²) in [6.07, 6.45) is 0.924. The van der Waals surface area contributed by atoms with Crippen molar-refractivity contribution in [1.29, 1.82) is 0 Å². The molecule has 0 spiro atoms. The zero-order valence-corrected chi connectivity index (χ0v) is 19.7. The van der Waals surface area contributed by atoms with Gasteiger partial charge in [-0.25, -0.2) is 9.97 Å². The van der Waals surface area contributed by atoms with Gasteiger partial charge in [-0.15, -0.1) is 0 Å². The molecule has 0 atom stereocenters. The van der Waals surface area contributed by atoms with Crippen LogP contribution >= 0.6 is 12.2 Å². The summed E-state index contributed by atoms with van der Waals surface area (Å²) in [5.41, 5.74) is 2.52. The molecule has 9 nitrogen and oxygen atoms in total. The van der Waals surface area contributed by atoms with Crippen LogP contribution in [0.25, 0.3) is 0 Å². The Kier molecular flexibility index (Phi) is 9.14. The Morgan fingerprint density at radius 3 is 2.59 bits per heavy atom. The number of rotatable bonds is 7. The van der Waals surface area contributed by atoms with Gasteiger partial charge in [-0.3, -0.25) is 15.2 Å². The minimum absolute atomic E-state index is 0.387. The van der Waals surface area contributed by atoms with Gasteiger partial charge in [0.2, 0.25) is 11.9 Å². The highest BCUT2D eigenvalue weighted by molar-refractivity contribution is 7.80. The Labute approximate surface area is 194 Å². The van der Waals surface area contributed by atoms with Crippen molar-refractivity contribution in [2.24, 2.45) is 4.99 Å². The molecule has 2 aromatic rings. The van der Waals surface area contributed by atoms with Gasteiger partial charge >= 0.3 is 0 Å². The number of nitrogens with one attached hydrogen (secondary N) is 3. The van der Waals surface area contributed by atoms with Crippen molar-refractivity contribution in [1.82, 2.24) is 20.2 Å². The summed E-state index contributed by atoms with van der Waals surface area (Å²) in [5.74, 6) is 1.66. The number of hydrogen-bond donors (Lipinski definition) is 3. The summed E-state index contributed by atoms with van der Waals surface area (Å²) in [4.78, 5) is 16.0. The van der Waals surface area contributed by atoms with Crippen molar-refractivity contribution < 1.29 is 9.47 Å². The van der Waals surface area contributed by atoms with Gasteiger partial charge in [0, 0.05) is 37.6 Å². The normalized spacial score (nSPS) is 14.7. The van der Waals surface area contributed by atoms with E-state index in [1.807, 2.05) is 44.2 Å². The molecule has 0 aliphatic carbocycles. The number of aromatic nitrogens is 2. The second-order valence-electron chi connectivity index (χ2n) is 7.42. The fourth-order valence-electron chi connectivity index (χ4n) is 3.32. The Morgan fingerprint density at radius 2 is 1.88 bits per heavy atom. The van der Waals surface area contributed by atoms with Crippen LogP contribution in [-0.2, 0) is 4.74 Å². The van der Waals surface area contributed by atoms with Crippen LogP contribution in [0, 0.1) is 13.8 Å². The average Bonchev–Trinajstić information content (AvgIpc) is 2.77. The van der Waals surface area contributed by atoms with Gasteiger partial charge in [0.05, 0.1) is 26.0 Å². The molecule has 10 heteroatoms. The number of thiocarbonyl (C=S) groups is 1. The third-order valence-corrected chi connectivity index (χ3v) is 5.01.